The predicted molar refractivity (Wildman–Crippen MR) is 87.3 cm³/mol. The highest BCUT2D eigenvalue weighted by Gasteiger charge is 2.08. The quantitative estimate of drug-likeness (QED) is 0.519. The molecular formula is C18H12Cl2. The molecule has 0 amide bonds. The summed E-state index contributed by atoms with van der Waals surface area (Å²) in [4.78, 5) is 0. The van der Waals surface area contributed by atoms with Crippen molar-refractivity contribution in [2.24, 2.45) is 0 Å². The first-order chi connectivity index (χ1) is 9.74. The van der Waals surface area contributed by atoms with Crippen molar-refractivity contribution in [2.45, 2.75) is 0 Å². The number of hydrogen-bond donors (Lipinski definition) is 0. The van der Waals surface area contributed by atoms with Gasteiger partial charge in [-0.15, -0.1) is 0 Å². The van der Waals surface area contributed by atoms with Gasteiger partial charge in [-0.1, -0.05) is 71.7 Å². The van der Waals surface area contributed by atoms with Crippen LogP contribution in [0.25, 0.3) is 22.3 Å². The monoisotopic (exact) mass is 298 g/mol. The minimum Gasteiger partial charge on any atom is -0.0843 e. The molecule has 2 heteroatoms. The van der Waals surface area contributed by atoms with E-state index in [1.807, 2.05) is 54.6 Å². The van der Waals surface area contributed by atoms with Crippen LogP contribution in [0.5, 0.6) is 0 Å². The van der Waals surface area contributed by atoms with Crippen molar-refractivity contribution in [3.05, 3.63) is 82.8 Å². The largest absolute Gasteiger partial charge is 0.0843 e. The second-order valence-electron chi connectivity index (χ2n) is 4.56. The molecule has 0 aliphatic rings. The average molecular weight is 299 g/mol. The van der Waals surface area contributed by atoms with Crippen molar-refractivity contribution in [3.63, 3.8) is 0 Å². The van der Waals surface area contributed by atoms with E-state index >= 15 is 0 Å². The fraction of sp³-hybridized carbons (Fsp3) is 0. The molecule has 0 N–H and O–H groups in total. The van der Waals surface area contributed by atoms with E-state index in [2.05, 4.69) is 18.2 Å². The molecule has 0 spiro atoms. The molecule has 98 valence electrons. The van der Waals surface area contributed by atoms with Crippen LogP contribution in [-0.2, 0) is 0 Å². The third kappa shape index (κ3) is 2.72. The second-order valence-corrected chi connectivity index (χ2v) is 5.44. The first-order valence-electron chi connectivity index (χ1n) is 6.35. The molecule has 0 saturated carbocycles. The summed E-state index contributed by atoms with van der Waals surface area (Å²) >= 11 is 12.1. The summed E-state index contributed by atoms with van der Waals surface area (Å²) < 4.78 is 0. The smallest absolute Gasteiger partial charge is 0.0412 e. The molecule has 0 heterocycles. The Balaban J connectivity index is 2.19. The number of benzene rings is 3. The van der Waals surface area contributed by atoms with Crippen molar-refractivity contribution in [3.8, 4) is 22.3 Å². The third-order valence-electron chi connectivity index (χ3n) is 3.22. The van der Waals surface area contributed by atoms with Crippen molar-refractivity contribution >= 4 is 23.2 Å². The molecule has 3 aromatic rings. The normalized spacial score (nSPS) is 10.5. The molecule has 0 aliphatic heterocycles. The Morgan fingerprint density at radius 2 is 1.10 bits per heavy atom. The minimum absolute atomic E-state index is 0.731. The zero-order valence-electron chi connectivity index (χ0n) is 10.7. The molecule has 20 heavy (non-hydrogen) atoms. The Kier molecular flexibility index (Phi) is 3.77. The molecule has 3 rings (SSSR count). The highest BCUT2D eigenvalue weighted by atomic mass is 35.5. The summed E-state index contributed by atoms with van der Waals surface area (Å²) in [6.07, 6.45) is 0. The van der Waals surface area contributed by atoms with Crippen LogP contribution in [0.1, 0.15) is 0 Å². The maximum absolute atomic E-state index is 6.16. The molecule has 0 unspecified atom stereocenters. The molecule has 0 fully saturated rings. The van der Waals surface area contributed by atoms with Crippen molar-refractivity contribution < 1.29 is 0 Å². The van der Waals surface area contributed by atoms with Crippen LogP contribution in [0.15, 0.2) is 72.8 Å². The van der Waals surface area contributed by atoms with Gasteiger partial charge in [0.05, 0.1) is 0 Å². The standard InChI is InChI=1S/C18H12Cl2/c19-15-8-6-14(7-9-15)18-12-16(20)10-11-17(18)13-4-2-1-3-5-13/h1-12H. The zero-order valence-corrected chi connectivity index (χ0v) is 12.2. The highest BCUT2D eigenvalue weighted by Crippen LogP contribution is 2.34. The highest BCUT2D eigenvalue weighted by molar-refractivity contribution is 6.31. The van der Waals surface area contributed by atoms with Gasteiger partial charge in [-0.3, -0.25) is 0 Å². The van der Waals surface area contributed by atoms with Gasteiger partial charge < -0.3 is 0 Å². The van der Waals surface area contributed by atoms with Crippen LogP contribution in [0, 0.1) is 0 Å². The van der Waals surface area contributed by atoms with E-state index in [4.69, 9.17) is 23.2 Å². The number of hydrogen-bond acceptors (Lipinski definition) is 0. The summed E-state index contributed by atoms with van der Waals surface area (Å²) in [5.41, 5.74) is 4.56. The van der Waals surface area contributed by atoms with Crippen molar-refractivity contribution in [1.29, 1.82) is 0 Å². The van der Waals surface area contributed by atoms with E-state index in [0.717, 1.165) is 26.7 Å². The van der Waals surface area contributed by atoms with Gasteiger partial charge in [0.1, 0.15) is 0 Å². The molecule has 0 nitrogen and oxygen atoms in total. The fourth-order valence-electron chi connectivity index (χ4n) is 2.25. The topological polar surface area (TPSA) is 0 Å². The number of rotatable bonds is 2. The van der Waals surface area contributed by atoms with Gasteiger partial charge in [0.2, 0.25) is 0 Å². The van der Waals surface area contributed by atoms with E-state index in [9.17, 15) is 0 Å². The van der Waals surface area contributed by atoms with Crippen LogP contribution in [0.3, 0.4) is 0 Å². The Morgan fingerprint density at radius 1 is 0.500 bits per heavy atom. The average Bonchev–Trinajstić information content (AvgIpc) is 2.49. The molecule has 0 radical (unpaired) electrons. The summed E-state index contributed by atoms with van der Waals surface area (Å²) in [6, 6.07) is 24.1. The van der Waals surface area contributed by atoms with Gasteiger partial charge in [0, 0.05) is 10.0 Å². The number of halogens is 2. The van der Waals surface area contributed by atoms with E-state index in [1.165, 1.54) is 5.56 Å². The summed E-state index contributed by atoms with van der Waals surface area (Å²) in [7, 11) is 0. The molecule has 3 aromatic carbocycles. The molecule has 0 atom stereocenters. The van der Waals surface area contributed by atoms with Gasteiger partial charge in [-0.2, -0.15) is 0 Å². The van der Waals surface area contributed by atoms with Gasteiger partial charge in [0.15, 0.2) is 0 Å². The lowest BCUT2D eigenvalue weighted by Crippen LogP contribution is -1.85. The molecule has 0 aliphatic carbocycles. The van der Waals surface area contributed by atoms with Crippen LogP contribution in [0.2, 0.25) is 10.0 Å². The Morgan fingerprint density at radius 3 is 1.80 bits per heavy atom. The molecule has 0 saturated heterocycles. The summed E-state index contributed by atoms with van der Waals surface area (Å²) in [6.45, 7) is 0. The lowest BCUT2D eigenvalue weighted by Gasteiger charge is -2.11. The van der Waals surface area contributed by atoms with Crippen LogP contribution in [-0.4, -0.2) is 0 Å². The molecule has 0 aromatic heterocycles. The van der Waals surface area contributed by atoms with E-state index in [0.29, 0.717) is 0 Å². The van der Waals surface area contributed by atoms with E-state index in [-0.39, 0.29) is 0 Å². The second kappa shape index (κ2) is 5.70. The van der Waals surface area contributed by atoms with Crippen molar-refractivity contribution in [2.75, 3.05) is 0 Å². The Labute approximate surface area is 128 Å². The van der Waals surface area contributed by atoms with Gasteiger partial charge >= 0.3 is 0 Å². The SMILES string of the molecule is Clc1ccc(-c2cc(Cl)ccc2-c2ccccc2)cc1. The predicted octanol–water partition coefficient (Wildman–Crippen LogP) is 6.33. The van der Waals surface area contributed by atoms with Crippen LogP contribution in [0.4, 0.5) is 0 Å². The third-order valence-corrected chi connectivity index (χ3v) is 3.71. The van der Waals surface area contributed by atoms with Gasteiger partial charge in [-0.25, -0.2) is 0 Å². The minimum atomic E-state index is 0.731. The lowest BCUT2D eigenvalue weighted by molar-refractivity contribution is 1.58. The van der Waals surface area contributed by atoms with Gasteiger partial charge in [0.25, 0.3) is 0 Å². The molecule has 0 bridgehead atoms. The van der Waals surface area contributed by atoms with E-state index in [1.54, 1.807) is 0 Å². The maximum Gasteiger partial charge on any atom is 0.0412 e. The Hall–Kier alpha value is -1.76. The fourth-order valence-corrected chi connectivity index (χ4v) is 2.55. The molecular weight excluding hydrogens is 287 g/mol. The van der Waals surface area contributed by atoms with Crippen LogP contribution >= 0.6 is 23.2 Å². The van der Waals surface area contributed by atoms with Crippen molar-refractivity contribution in [1.82, 2.24) is 0 Å². The summed E-state index contributed by atoms with van der Waals surface area (Å²) in [5.74, 6) is 0. The van der Waals surface area contributed by atoms with Crippen LogP contribution < -0.4 is 0 Å². The first kappa shape index (κ1) is 13.2. The zero-order chi connectivity index (χ0) is 13.9. The van der Waals surface area contributed by atoms with E-state index < -0.39 is 0 Å². The first-order valence-corrected chi connectivity index (χ1v) is 7.10. The summed E-state index contributed by atoms with van der Waals surface area (Å²) in [5, 5.41) is 1.46. The lowest BCUT2D eigenvalue weighted by atomic mass is 9.95. The maximum atomic E-state index is 6.16. The Bertz CT molecular complexity index is 716. The van der Waals surface area contributed by atoms with Gasteiger partial charge in [-0.05, 0) is 46.5 Å².